The molecule has 0 aliphatic heterocycles. The number of furan rings is 1. The van der Waals surface area contributed by atoms with Crippen molar-refractivity contribution >= 4 is 39.6 Å². The summed E-state index contributed by atoms with van der Waals surface area (Å²) in [6.07, 6.45) is 15.3. The second-order valence-corrected chi connectivity index (χ2v) is 18.1. The van der Waals surface area contributed by atoms with E-state index in [0.29, 0.717) is 0 Å². The van der Waals surface area contributed by atoms with E-state index in [2.05, 4.69) is 227 Å². The normalized spacial score (nSPS) is 16.6. The maximum atomic E-state index is 7.20. The summed E-state index contributed by atoms with van der Waals surface area (Å²) in [5.41, 5.74) is 24.7. The molecule has 2 nitrogen and oxygen atoms in total. The van der Waals surface area contributed by atoms with Gasteiger partial charge in [-0.3, -0.25) is 0 Å². The lowest BCUT2D eigenvalue weighted by molar-refractivity contribution is 0.595. The number of allylic oxidation sites excluding steroid dienone is 8. The van der Waals surface area contributed by atoms with Crippen molar-refractivity contribution in [2.75, 3.05) is 4.90 Å². The minimum absolute atomic E-state index is 0.201. The number of hydrogen-bond donors (Lipinski definition) is 0. The molecule has 4 aliphatic carbocycles. The third-order valence-corrected chi connectivity index (χ3v) is 14.3. The Balaban J connectivity index is 1.02. The van der Waals surface area contributed by atoms with Gasteiger partial charge in [0.1, 0.15) is 5.76 Å². The maximum Gasteiger partial charge on any atom is 0.159 e. The van der Waals surface area contributed by atoms with Crippen LogP contribution in [0.4, 0.5) is 11.4 Å². The van der Waals surface area contributed by atoms with E-state index in [0.717, 1.165) is 52.1 Å². The van der Waals surface area contributed by atoms with Crippen LogP contribution >= 0.6 is 0 Å². The first-order valence-corrected chi connectivity index (χ1v) is 22.8. The summed E-state index contributed by atoms with van der Waals surface area (Å²) < 4.78 is 7.20. The van der Waals surface area contributed by atoms with Gasteiger partial charge in [0.2, 0.25) is 0 Å². The molecule has 0 bridgehead atoms. The largest absolute Gasteiger partial charge is 0.454 e. The van der Waals surface area contributed by atoms with Gasteiger partial charge in [0.05, 0.1) is 11.1 Å². The molecular formula is C62H49NO. The number of aryl methyl sites for hydroxylation is 1. The predicted octanol–water partition coefficient (Wildman–Crippen LogP) is 16.2. The minimum atomic E-state index is -0.367. The van der Waals surface area contributed by atoms with Gasteiger partial charge in [-0.1, -0.05) is 176 Å². The van der Waals surface area contributed by atoms with Crippen LogP contribution in [0.25, 0.3) is 50.4 Å². The van der Waals surface area contributed by atoms with Crippen LogP contribution < -0.4 is 4.90 Å². The van der Waals surface area contributed by atoms with Crippen LogP contribution in [-0.2, 0) is 11.8 Å². The van der Waals surface area contributed by atoms with Crippen LogP contribution in [0.1, 0.15) is 83.0 Å². The van der Waals surface area contributed by atoms with Crippen LogP contribution in [0.2, 0.25) is 0 Å². The van der Waals surface area contributed by atoms with Gasteiger partial charge < -0.3 is 9.32 Å². The van der Waals surface area contributed by atoms with Gasteiger partial charge in [-0.05, 0) is 136 Å². The lowest BCUT2D eigenvalue weighted by atomic mass is 9.70. The van der Waals surface area contributed by atoms with Crippen molar-refractivity contribution in [2.24, 2.45) is 5.92 Å². The predicted molar refractivity (Wildman–Crippen MR) is 268 cm³/mol. The molecule has 1 atom stereocenters. The van der Waals surface area contributed by atoms with Gasteiger partial charge in [-0.25, -0.2) is 0 Å². The Bertz CT molecular complexity index is 3320. The highest BCUT2D eigenvalue weighted by molar-refractivity contribution is 6.00. The molecule has 0 radical (unpaired) electrons. The fourth-order valence-electron chi connectivity index (χ4n) is 11.4. The summed E-state index contributed by atoms with van der Waals surface area (Å²) in [4.78, 5) is 2.48. The molecule has 2 heteroatoms. The highest BCUT2D eigenvalue weighted by atomic mass is 16.3. The SMILES string of the molecule is C/C=C\c1cc(N(C2=CC=C(c3ccc4c(c3)C3(c5ccccc5-c5ccccc53)c3ccccc3-4)CC2C)c2cccc3c4c(oc23)C(c2ccccc2)=CC=C(C)C4)ccc1C. The first-order valence-electron chi connectivity index (χ1n) is 22.8. The number of anilines is 2. The number of benzene rings is 7. The molecule has 1 spiro atoms. The molecule has 4 aliphatic rings. The Morgan fingerprint density at radius 3 is 1.97 bits per heavy atom. The molecule has 0 saturated heterocycles. The average molecular weight is 824 g/mol. The smallest absolute Gasteiger partial charge is 0.159 e. The Labute approximate surface area is 376 Å². The van der Waals surface area contributed by atoms with Crippen LogP contribution in [0, 0.1) is 12.8 Å². The van der Waals surface area contributed by atoms with Gasteiger partial charge >= 0.3 is 0 Å². The van der Waals surface area contributed by atoms with Crippen LogP contribution in [0.5, 0.6) is 0 Å². The number of rotatable bonds is 6. The molecule has 12 rings (SSSR count). The summed E-state index contributed by atoms with van der Waals surface area (Å²) >= 11 is 0. The van der Waals surface area contributed by atoms with Crippen LogP contribution in [0.15, 0.2) is 204 Å². The Hall–Kier alpha value is -7.42. The molecule has 0 fully saturated rings. The molecule has 0 amide bonds. The van der Waals surface area contributed by atoms with Gasteiger partial charge in [-0.2, -0.15) is 0 Å². The van der Waals surface area contributed by atoms with Crippen molar-refractivity contribution in [3.8, 4) is 22.3 Å². The van der Waals surface area contributed by atoms with E-state index in [1.54, 1.807) is 0 Å². The van der Waals surface area contributed by atoms with Crippen molar-refractivity contribution in [1.82, 2.24) is 0 Å². The summed E-state index contributed by atoms with van der Waals surface area (Å²) in [6, 6.07) is 58.8. The third-order valence-electron chi connectivity index (χ3n) is 14.3. The quantitative estimate of drug-likeness (QED) is 0.166. The summed E-state index contributed by atoms with van der Waals surface area (Å²) in [6.45, 7) is 8.90. The Morgan fingerprint density at radius 2 is 1.28 bits per heavy atom. The topological polar surface area (TPSA) is 16.4 Å². The van der Waals surface area contributed by atoms with E-state index in [-0.39, 0.29) is 11.3 Å². The molecule has 1 aromatic heterocycles. The Kier molecular flexibility index (Phi) is 8.88. The second kappa shape index (κ2) is 14.9. The van der Waals surface area contributed by atoms with Gasteiger partial charge in [0, 0.05) is 33.8 Å². The highest BCUT2D eigenvalue weighted by Crippen LogP contribution is 2.63. The number of nitrogens with zero attached hydrogens (tertiary/aromatic N) is 1. The monoisotopic (exact) mass is 823 g/mol. The summed E-state index contributed by atoms with van der Waals surface area (Å²) in [5.74, 6) is 1.16. The first-order chi connectivity index (χ1) is 31.4. The zero-order valence-electron chi connectivity index (χ0n) is 36.8. The molecule has 1 unspecified atom stereocenters. The molecular weight excluding hydrogens is 775 g/mol. The van der Waals surface area contributed by atoms with E-state index in [9.17, 15) is 0 Å². The van der Waals surface area contributed by atoms with Gasteiger partial charge in [0.15, 0.2) is 5.58 Å². The third kappa shape index (κ3) is 5.65. The molecule has 0 saturated carbocycles. The van der Waals surface area contributed by atoms with Gasteiger partial charge in [0.25, 0.3) is 0 Å². The fraction of sp³-hybridized carbons (Fsp3) is 0.129. The number of fused-ring (bicyclic) bond motifs is 13. The lowest BCUT2D eigenvalue weighted by Gasteiger charge is -2.34. The van der Waals surface area contributed by atoms with E-state index >= 15 is 0 Å². The first kappa shape index (κ1) is 38.3. The maximum absolute atomic E-state index is 7.20. The standard InChI is InChI=1S/C62H49NO/c1-5-16-43-37-46(31-28-40(43)3)63(59-26-15-22-52-53-35-39(2)27-32-47(60(53)64-61(52)59)42-17-7-6-8-18-42)58-34-30-44(36-41(58)4)45-29-33-51-50-21-11-14-25-56(50)62(57(51)38-45)54-23-12-9-19-48(54)49-20-10-13-24-55(49)62/h5-34,37-38,41H,35-36H2,1-4H3/b16-5-. The molecule has 308 valence electrons. The number of para-hydroxylation sites is 1. The minimum Gasteiger partial charge on any atom is -0.454 e. The molecule has 1 heterocycles. The van der Waals surface area contributed by atoms with Crippen molar-refractivity contribution < 1.29 is 4.42 Å². The molecule has 8 aromatic rings. The van der Waals surface area contributed by atoms with Crippen LogP contribution in [-0.4, -0.2) is 0 Å². The van der Waals surface area contributed by atoms with Crippen molar-refractivity contribution in [3.63, 3.8) is 0 Å². The van der Waals surface area contributed by atoms with E-state index in [4.69, 9.17) is 4.42 Å². The molecule has 0 N–H and O–H groups in total. The zero-order chi connectivity index (χ0) is 43.1. The average Bonchev–Trinajstić information content (AvgIpc) is 3.90. The summed E-state index contributed by atoms with van der Waals surface area (Å²) in [5, 5.41) is 1.16. The second-order valence-electron chi connectivity index (χ2n) is 18.1. The zero-order valence-corrected chi connectivity index (χ0v) is 36.8. The number of hydrogen-bond acceptors (Lipinski definition) is 2. The molecule has 64 heavy (non-hydrogen) atoms. The lowest BCUT2D eigenvalue weighted by Crippen LogP contribution is -2.26. The molecule has 7 aromatic carbocycles. The fourth-order valence-corrected chi connectivity index (χ4v) is 11.4. The van der Waals surface area contributed by atoms with E-state index < -0.39 is 0 Å². The highest BCUT2D eigenvalue weighted by Gasteiger charge is 2.51. The van der Waals surface area contributed by atoms with E-state index in [1.807, 2.05) is 0 Å². The Morgan fingerprint density at radius 1 is 0.609 bits per heavy atom. The van der Waals surface area contributed by atoms with Crippen LogP contribution in [0.3, 0.4) is 0 Å². The van der Waals surface area contributed by atoms with Crippen molar-refractivity contribution in [3.05, 3.63) is 255 Å². The van der Waals surface area contributed by atoms with Crippen molar-refractivity contribution in [2.45, 2.75) is 46.0 Å². The van der Waals surface area contributed by atoms with Gasteiger partial charge in [-0.15, -0.1) is 0 Å². The summed E-state index contributed by atoms with van der Waals surface area (Å²) in [7, 11) is 0. The van der Waals surface area contributed by atoms with Crippen molar-refractivity contribution in [1.29, 1.82) is 0 Å². The van der Waals surface area contributed by atoms with E-state index in [1.165, 1.54) is 83.6 Å².